The predicted octanol–water partition coefficient (Wildman–Crippen LogP) is 0.766. The fourth-order valence-electron chi connectivity index (χ4n) is 2.39. The second-order valence-electron chi connectivity index (χ2n) is 4.92. The van der Waals surface area contributed by atoms with Crippen LogP contribution in [-0.4, -0.2) is 50.1 Å². The maximum atomic E-state index is 12.7. The van der Waals surface area contributed by atoms with Gasteiger partial charge in [-0.3, -0.25) is 0 Å². The number of carboxylic acid groups (broad SMARTS) is 1. The van der Waals surface area contributed by atoms with Crippen LogP contribution in [0.25, 0.3) is 0 Å². The van der Waals surface area contributed by atoms with Gasteiger partial charge in [-0.15, -0.1) is 0 Å². The van der Waals surface area contributed by atoms with Gasteiger partial charge in [-0.25, -0.2) is 13.2 Å². The van der Waals surface area contributed by atoms with E-state index in [4.69, 9.17) is 10.5 Å². The molecule has 7 nitrogen and oxygen atoms in total. The molecule has 1 fully saturated rings. The molecule has 0 aliphatic carbocycles. The third-order valence-electron chi connectivity index (χ3n) is 3.53. The largest absolute Gasteiger partial charge is 0.478 e. The van der Waals surface area contributed by atoms with Gasteiger partial charge in [0, 0.05) is 25.9 Å². The van der Waals surface area contributed by atoms with Crippen LogP contribution in [0.1, 0.15) is 23.2 Å². The van der Waals surface area contributed by atoms with Crippen molar-refractivity contribution in [3.05, 3.63) is 23.8 Å². The van der Waals surface area contributed by atoms with Crippen molar-refractivity contribution >= 4 is 21.7 Å². The van der Waals surface area contributed by atoms with Gasteiger partial charge in [-0.05, 0) is 31.0 Å². The Morgan fingerprint density at radius 3 is 2.81 bits per heavy atom. The monoisotopic (exact) mass is 314 g/mol. The average Bonchev–Trinajstić information content (AvgIpc) is 2.46. The molecule has 1 saturated heterocycles. The number of carboxylic acids is 1. The zero-order valence-electron chi connectivity index (χ0n) is 11.7. The molecule has 0 aromatic heterocycles. The van der Waals surface area contributed by atoms with E-state index in [9.17, 15) is 18.3 Å². The molecule has 1 aromatic carbocycles. The number of anilines is 1. The number of ether oxygens (including phenoxy) is 1. The van der Waals surface area contributed by atoms with Crippen molar-refractivity contribution in [2.24, 2.45) is 0 Å². The number of aromatic carboxylic acids is 1. The summed E-state index contributed by atoms with van der Waals surface area (Å²) in [4.78, 5) is 11.0. The summed E-state index contributed by atoms with van der Waals surface area (Å²) in [5.74, 6) is -1.32. The van der Waals surface area contributed by atoms with Crippen LogP contribution in [0.3, 0.4) is 0 Å². The van der Waals surface area contributed by atoms with E-state index in [0.717, 1.165) is 12.5 Å². The van der Waals surface area contributed by atoms with Gasteiger partial charge in [0.05, 0.1) is 16.6 Å². The molecule has 3 N–H and O–H groups in total. The van der Waals surface area contributed by atoms with Crippen LogP contribution in [0.5, 0.6) is 0 Å². The molecule has 0 saturated carbocycles. The van der Waals surface area contributed by atoms with Gasteiger partial charge < -0.3 is 15.6 Å². The molecule has 8 heteroatoms. The van der Waals surface area contributed by atoms with Gasteiger partial charge in [-0.1, -0.05) is 0 Å². The number of nitrogens with zero attached hydrogens (tertiary/aromatic N) is 1. The molecule has 0 amide bonds. The van der Waals surface area contributed by atoms with Crippen LogP contribution in [-0.2, 0) is 14.8 Å². The number of nitrogen functional groups attached to an aromatic ring is 1. The van der Waals surface area contributed by atoms with Crippen LogP contribution in [0, 0.1) is 0 Å². The molecular weight excluding hydrogens is 296 g/mol. The van der Waals surface area contributed by atoms with Crippen LogP contribution in [0.15, 0.2) is 23.1 Å². The SMILES string of the molecule is COC1CCCN(S(=O)(=O)c2ccc(N)cc2C(=O)O)C1. The summed E-state index contributed by atoms with van der Waals surface area (Å²) in [6.45, 7) is 0.577. The Kier molecular flexibility index (Phi) is 4.50. The Bertz CT molecular complexity index is 644. The minimum absolute atomic E-state index is 0.171. The van der Waals surface area contributed by atoms with Gasteiger partial charge >= 0.3 is 5.97 Å². The molecule has 2 rings (SSSR count). The number of hydrogen-bond donors (Lipinski definition) is 2. The van der Waals surface area contributed by atoms with E-state index in [1.807, 2.05) is 0 Å². The van der Waals surface area contributed by atoms with Gasteiger partial charge in [-0.2, -0.15) is 4.31 Å². The van der Waals surface area contributed by atoms with E-state index in [0.29, 0.717) is 13.0 Å². The number of nitrogens with two attached hydrogens (primary N) is 1. The first-order chi connectivity index (χ1) is 9.86. The third kappa shape index (κ3) is 3.17. The molecule has 1 aliphatic rings. The fourth-order valence-corrected chi connectivity index (χ4v) is 4.07. The number of carbonyl (C=O) groups is 1. The first-order valence-corrected chi connectivity index (χ1v) is 7.96. The lowest BCUT2D eigenvalue weighted by atomic mass is 10.1. The highest BCUT2D eigenvalue weighted by atomic mass is 32.2. The van der Waals surface area contributed by atoms with Gasteiger partial charge in [0.2, 0.25) is 10.0 Å². The van der Waals surface area contributed by atoms with E-state index in [2.05, 4.69) is 0 Å². The number of piperidine rings is 1. The minimum atomic E-state index is -3.88. The second kappa shape index (κ2) is 6.00. The summed E-state index contributed by atoms with van der Waals surface area (Å²) >= 11 is 0. The van der Waals surface area contributed by atoms with Crippen LogP contribution >= 0.6 is 0 Å². The molecule has 0 bridgehead atoms. The molecule has 0 spiro atoms. The summed E-state index contributed by atoms with van der Waals surface area (Å²) in [7, 11) is -2.35. The highest BCUT2D eigenvalue weighted by Crippen LogP contribution is 2.26. The summed E-state index contributed by atoms with van der Waals surface area (Å²) in [5.41, 5.74) is 5.44. The maximum Gasteiger partial charge on any atom is 0.337 e. The topological polar surface area (TPSA) is 110 Å². The predicted molar refractivity (Wildman–Crippen MR) is 76.6 cm³/mol. The number of methoxy groups -OCH3 is 1. The molecule has 0 radical (unpaired) electrons. The van der Waals surface area contributed by atoms with Crippen molar-refractivity contribution in [3.8, 4) is 0 Å². The van der Waals surface area contributed by atoms with E-state index in [1.54, 1.807) is 0 Å². The first-order valence-electron chi connectivity index (χ1n) is 6.52. The van der Waals surface area contributed by atoms with E-state index >= 15 is 0 Å². The van der Waals surface area contributed by atoms with Crippen molar-refractivity contribution in [2.75, 3.05) is 25.9 Å². The molecule has 1 heterocycles. The Hall–Kier alpha value is -1.64. The van der Waals surface area contributed by atoms with Gasteiger partial charge in [0.25, 0.3) is 0 Å². The fraction of sp³-hybridized carbons (Fsp3) is 0.462. The Morgan fingerprint density at radius 2 is 2.19 bits per heavy atom. The van der Waals surface area contributed by atoms with Gasteiger partial charge in [0.15, 0.2) is 0 Å². The summed E-state index contributed by atoms with van der Waals surface area (Å²) < 4.78 is 31.8. The smallest absolute Gasteiger partial charge is 0.337 e. The lowest BCUT2D eigenvalue weighted by Gasteiger charge is -2.31. The molecular formula is C13H18N2O5S. The standard InChI is InChI=1S/C13H18N2O5S/c1-20-10-3-2-6-15(8-10)21(18,19)12-5-4-9(14)7-11(12)13(16)17/h4-5,7,10H,2-3,6,8,14H2,1H3,(H,16,17). The second-order valence-corrected chi connectivity index (χ2v) is 6.83. The molecule has 116 valence electrons. The summed E-state index contributed by atoms with van der Waals surface area (Å²) in [5, 5.41) is 9.19. The number of hydrogen-bond acceptors (Lipinski definition) is 5. The maximum absolute atomic E-state index is 12.7. The molecule has 21 heavy (non-hydrogen) atoms. The lowest BCUT2D eigenvalue weighted by Crippen LogP contribution is -2.43. The Morgan fingerprint density at radius 1 is 1.48 bits per heavy atom. The van der Waals surface area contributed by atoms with Crippen LogP contribution in [0.2, 0.25) is 0 Å². The molecule has 1 aromatic rings. The summed E-state index contributed by atoms with van der Waals surface area (Å²) in [6, 6.07) is 3.79. The van der Waals surface area contributed by atoms with E-state index in [1.165, 1.54) is 23.5 Å². The van der Waals surface area contributed by atoms with E-state index in [-0.39, 0.29) is 28.8 Å². The van der Waals surface area contributed by atoms with Gasteiger partial charge in [0.1, 0.15) is 0 Å². The van der Waals surface area contributed by atoms with E-state index < -0.39 is 16.0 Å². The van der Waals surface area contributed by atoms with Crippen molar-refractivity contribution in [1.29, 1.82) is 0 Å². The number of rotatable bonds is 4. The highest BCUT2D eigenvalue weighted by molar-refractivity contribution is 7.89. The van der Waals surface area contributed by atoms with Crippen molar-refractivity contribution < 1.29 is 23.1 Å². The summed E-state index contributed by atoms with van der Waals surface area (Å²) in [6.07, 6.45) is 1.29. The first kappa shape index (κ1) is 15.7. The Labute approximate surface area is 123 Å². The number of sulfonamides is 1. The highest BCUT2D eigenvalue weighted by Gasteiger charge is 2.33. The van der Waals surface area contributed by atoms with Crippen molar-refractivity contribution in [3.63, 3.8) is 0 Å². The minimum Gasteiger partial charge on any atom is -0.478 e. The zero-order valence-corrected chi connectivity index (χ0v) is 12.5. The zero-order chi connectivity index (χ0) is 15.6. The number of benzene rings is 1. The van der Waals surface area contributed by atoms with Crippen LogP contribution < -0.4 is 5.73 Å². The molecule has 1 aliphatic heterocycles. The van der Waals surface area contributed by atoms with Crippen molar-refractivity contribution in [1.82, 2.24) is 4.31 Å². The van der Waals surface area contributed by atoms with Crippen molar-refractivity contribution in [2.45, 2.75) is 23.8 Å². The Balaban J connectivity index is 2.42. The van der Waals surface area contributed by atoms with Crippen LogP contribution in [0.4, 0.5) is 5.69 Å². The third-order valence-corrected chi connectivity index (χ3v) is 5.45. The molecule has 1 atom stereocenters. The quantitative estimate of drug-likeness (QED) is 0.794. The normalized spacial score (nSPS) is 20.3. The molecule has 1 unspecified atom stereocenters. The average molecular weight is 314 g/mol. The lowest BCUT2D eigenvalue weighted by molar-refractivity contribution is 0.0571.